The quantitative estimate of drug-likeness (QED) is 0.632. The highest BCUT2D eigenvalue weighted by Crippen LogP contribution is 2.65. The summed E-state index contributed by atoms with van der Waals surface area (Å²) in [6.45, 7) is 2.40. The van der Waals surface area contributed by atoms with Crippen molar-refractivity contribution >= 4 is 22.8 Å². The van der Waals surface area contributed by atoms with Crippen LogP contribution in [0.4, 0.5) is 0 Å². The average Bonchev–Trinajstić information content (AvgIpc) is 3.18. The molecular weight excluding hydrogens is 430 g/mol. The normalized spacial score (nSPS) is 23.5. The number of aryl methyl sites for hydroxylation is 1. The van der Waals surface area contributed by atoms with E-state index in [9.17, 15) is 14.7 Å². The van der Waals surface area contributed by atoms with Gasteiger partial charge in [-0.3, -0.25) is 9.48 Å². The number of hydrogen-bond acceptors (Lipinski definition) is 4. The van der Waals surface area contributed by atoms with Gasteiger partial charge in [0, 0.05) is 32.1 Å². The Morgan fingerprint density at radius 1 is 1.09 bits per heavy atom. The molecule has 7 nitrogen and oxygen atoms in total. The van der Waals surface area contributed by atoms with Crippen LogP contribution in [-0.2, 0) is 16.6 Å². The molecule has 2 saturated heterocycles. The highest BCUT2D eigenvalue weighted by Gasteiger charge is 2.55. The summed E-state index contributed by atoms with van der Waals surface area (Å²) >= 11 is 0. The van der Waals surface area contributed by atoms with Crippen molar-refractivity contribution in [3.63, 3.8) is 0 Å². The molecule has 1 aliphatic carbocycles. The largest absolute Gasteiger partial charge is 0.476 e. The molecule has 2 aliphatic heterocycles. The monoisotopic (exact) mass is 459 g/mol. The lowest BCUT2D eigenvalue weighted by molar-refractivity contribution is -0.142. The number of nitrogens with zero attached hydrogens (tertiary/aromatic N) is 3. The Hall–Kier alpha value is -3.19. The van der Waals surface area contributed by atoms with Gasteiger partial charge in [0.25, 0.3) is 5.91 Å². The number of rotatable bonds is 4. The number of carbonyl (C=O) groups is 2. The van der Waals surface area contributed by atoms with Crippen molar-refractivity contribution in [3.8, 4) is 11.1 Å². The number of hydrogen-bond donors (Lipinski definition) is 1. The van der Waals surface area contributed by atoms with Gasteiger partial charge in [0.05, 0.1) is 5.52 Å². The van der Waals surface area contributed by atoms with Crippen LogP contribution in [0, 0.1) is 5.41 Å². The van der Waals surface area contributed by atoms with Gasteiger partial charge < -0.3 is 14.7 Å². The molecular formula is C27H29N3O4. The Morgan fingerprint density at radius 3 is 2.50 bits per heavy atom. The first kappa shape index (κ1) is 21.4. The molecule has 6 rings (SSSR count). The molecule has 1 amide bonds. The van der Waals surface area contributed by atoms with Gasteiger partial charge in [-0.05, 0) is 72.3 Å². The Labute approximate surface area is 198 Å². The molecule has 1 aromatic heterocycles. The van der Waals surface area contributed by atoms with Crippen LogP contribution in [0.2, 0.25) is 0 Å². The Morgan fingerprint density at radius 2 is 1.82 bits per heavy atom. The van der Waals surface area contributed by atoms with E-state index in [1.807, 2.05) is 23.1 Å². The minimum atomic E-state index is -1.01. The summed E-state index contributed by atoms with van der Waals surface area (Å²) in [4.78, 5) is 26.1. The van der Waals surface area contributed by atoms with Crippen LogP contribution in [0.3, 0.4) is 0 Å². The molecule has 3 heterocycles. The number of aromatic nitrogens is 2. The number of ether oxygens (including phenoxy) is 1. The second-order valence-corrected chi connectivity index (χ2v) is 10.1. The van der Waals surface area contributed by atoms with Crippen LogP contribution in [0.5, 0.6) is 0 Å². The predicted octanol–water partition coefficient (Wildman–Crippen LogP) is 4.21. The van der Waals surface area contributed by atoms with Crippen LogP contribution in [-0.4, -0.2) is 57.5 Å². The van der Waals surface area contributed by atoms with Crippen LogP contribution in [0.15, 0.2) is 42.5 Å². The maximum absolute atomic E-state index is 12.7. The van der Waals surface area contributed by atoms with E-state index in [0.29, 0.717) is 23.3 Å². The minimum Gasteiger partial charge on any atom is -0.476 e. The zero-order valence-corrected chi connectivity index (χ0v) is 19.4. The third-order valence-electron chi connectivity index (χ3n) is 8.17. The molecule has 0 radical (unpaired) electrons. The molecule has 3 fully saturated rings. The van der Waals surface area contributed by atoms with Gasteiger partial charge in [-0.25, -0.2) is 4.79 Å². The number of benzene rings is 2. The van der Waals surface area contributed by atoms with Gasteiger partial charge in [-0.15, -0.1) is 0 Å². The Kier molecular flexibility index (Phi) is 4.99. The van der Waals surface area contributed by atoms with Crippen LogP contribution in [0.1, 0.15) is 54.1 Å². The summed E-state index contributed by atoms with van der Waals surface area (Å²) < 4.78 is 7.22. The fourth-order valence-corrected chi connectivity index (χ4v) is 6.02. The van der Waals surface area contributed by atoms with Crippen LogP contribution < -0.4 is 0 Å². The summed E-state index contributed by atoms with van der Waals surface area (Å²) in [5.74, 6) is -0.253. The van der Waals surface area contributed by atoms with Crippen LogP contribution >= 0.6 is 0 Å². The molecule has 1 N–H and O–H groups in total. The highest BCUT2D eigenvalue weighted by molar-refractivity contribution is 6.02. The molecule has 2 atom stereocenters. The van der Waals surface area contributed by atoms with E-state index in [0.717, 1.165) is 55.4 Å². The van der Waals surface area contributed by atoms with Gasteiger partial charge in [-0.2, -0.15) is 5.10 Å². The Balaban J connectivity index is 1.14. The number of amides is 1. The zero-order valence-electron chi connectivity index (χ0n) is 19.4. The molecule has 2 aromatic carbocycles. The molecule has 3 aromatic rings. The average molecular weight is 460 g/mol. The van der Waals surface area contributed by atoms with Crippen molar-refractivity contribution in [2.45, 2.75) is 44.1 Å². The summed E-state index contributed by atoms with van der Waals surface area (Å²) in [6, 6.07) is 14.6. The van der Waals surface area contributed by atoms with E-state index in [1.165, 1.54) is 12.0 Å². The maximum atomic E-state index is 12.7. The first-order valence-electron chi connectivity index (χ1n) is 12.2. The predicted molar refractivity (Wildman–Crippen MR) is 128 cm³/mol. The summed E-state index contributed by atoms with van der Waals surface area (Å²) in [7, 11) is 1.77. The fourth-order valence-electron chi connectivity index (χ4n) is 6.02. The number of piperidine rings is 1. The summed E-state index contributed by atoms with van der Waals surface area (Å²) in [6.07, 6.45) is 4.99. The molecule has 176 valence electrons. The van der Waals surface area contributed by atoms with Crippen LogP contribution in [0.25, 0.3) is 22.0 Å². The molecule has 0 bridgehead atoms. The van der Waals surface area contributed by atoms with Gasteiger partial charge in [0.15, 0.2) is 5.69 Å². The van der Waals surface area contributed by atoms with Crippen molar-refractivity contribution in [3.05, 3.63) is 53.7 Å². The second kappa shape index (κ2) is 7.94. The standard InChI is InChI=1S/C27H29N3O4/c1-29-22-15-19(8-9-20(22)24(28-29)26(32)33)17-4-6-18(7-5-17)21-16-27(21)10-12-30(13-11-27)25(31)23-3-2-14-34-23/h4-9,15,21,23H,2-3,10-14,16H2,1H3,(H,32,33)/t21-,23+/m0/s1. The van der Waals surface area contributed by atoms with E-state index in [1.54, 1.807) is 11.7 Å². The van der Waals surface area contributed by atoms with E-state index >= 15 is 0 Å². The van der Waals surface area contributed by atoms with Gasteiger partial charge in [0.1, 0.15) is 6.10 Å². The van der Waals surface area contributed by atoms with E-state index in [-0.39, 0.29) is 17.7 Å². The van der Waals surface area contributed by atoms with Crippen molar-refractivity contribution in [2.24, 2.45) is 12.5 Å². The first-order valence-corrected chi connectivity index (χ1v) is 12.2. The lowest BCUT2D eigenvalue weighted by Gasteiger charge is -2.34. The number of carbonyl (C=O) groups excluding carboxylic acids is 1. The maximum Gasteiger partial charge on any atom is 0.357 e. The summed E-state index contributed by atoms with van der Waals surface area (Å²) in [5, 5.41) is 14.2. The topological polar surface area (TPSA) is 84.7 Å². The molecule has 0 unspecified atom stereocenters. The highest BCUT2D eigenvalue weighted by atomic mass is 16.5. The number of aromatic carboxylic acids is 1. The van der Waals surface area contributed by atoms with Crippen molar-refractivity contribution in [1.29, 1.82) is 0 Å². The van der Waals surface area contributed by atoms with Crippen molar-refractivity contribution in [1.82, 2.24) is 14.7 Å². The smallest absolute Gasteiger partial charge is 0.357 e. The lowest BCUT2D eigenvalue weighted by Crippen LogP contribution is -2.44. The second-order valence-electron chi connectivity index (χ2n) is 10.1. The third kappa shape index (κ3) is 3.50. The molecule has 34 heavy (non-hydrogen) atoms. The number of likely N-dealkylation sites (tertiary alicyclic amines) is 1. The molecule has 7 heteroatoms. The molecule has 1 saturated carbocycles. The molecule has 1 spiro atoms. The van der Waals surface area contributed by atoms with Gasteiger partial charge >= 0.3 is 5.97 Å². The lowest BCUT2D eigenvalue weighted by atomic mass is 9.88. The zero-order chi connectivity index (χ0) is 23.4. The summed E-state index contributed by atoms with van der Waals surface area (Å²) in [5.41, 5.74) is 4.76. The third-order valence-corrected chi connectivity index (χ3v) is 8.17. The van der Waals surface area contributed by atoms with Gasteiger partial charge in [-0.1, -0.05) is 30.3 Å². The SMILES string of the molecule is Cn1nc(C(=O)O)c2ccc(-c3ccc([C@@H]4CC45CCN(C(=O)[C@H]4CCCO4)CC5)cc3)cc21. The minimum absolute atomic E-state index is 0.0851. The first-order chi connectivity index (χ1) is 16.4. The van der Waals surface area contributed by atoms with Gasteiger partial charge in [0.2, 0.25) is 0 Å². The Bertz CT molecular complexity index is 1270. The van der Waals surface area contributed by atoms with Crippen molar-refractivity contribution in [2.75, 3.05) is 19.7 Å². The number of carboxylic acid groups (broad SMARTS) is 1. The number of fused-ring (bicyclic) bond motifs is 1. The van der Waals surface area contributed by atoms with E-state index < -0.39 is 5.97 Å². The van der Waals surface area contributed by atoms with Crippen molar-refractivity contribution < 1.29 is 19.4 Å². The fraction of sp³-hybridized carbons (Fsp3) is 0.444. The number of carboxylic acids is 1. The van der Waals surface area contributed by atoms with E-state index in [4.69, 9.17) is 4.74 Å². The molecule has 3 aliphatic rings. The van der Waals surface area contributed by atoms with E-state index in [2.05, 4.69) is 29.4 Å².